The molecule has 0 aliphatic heterocycles. The molecular formula is C12H8BrN3S. The predicted octanol–water partition coefficient (Wildman–Crippen LogP) is 3.70. The molecule has 2 N–H and O–H groups in total. The first-order valence-corrected chi connectivity index (χ1v) is 6.55. The Bertz CT molecular complexity index is 693. The monoisotopic (exact) mass is 305 g/mol. The Morgan fingerprint density at radius 1 is 0.941 bits per heavy atom. The van der Waals surface area contributed by atoms with Crippen LogP contribution in [0.3, 0.4) is 0 Å². The summed E-state index contributed by atoms with van der Waals surface area (Å²) in [6.07, 6.45) is 0. The van der Waals surface area contributed by atoms with Gasteiger partial charge in [-0.05, 0) is 28.1 Å². The van der Waals surface area contributed by atoms with E-state index in [-0.39, 0.29) is 0 Å². The number of para-hydroxylation sites is 1. The van der Waals surface area contributed by atoms with Crippen molar-refractivity contribution in [3.05, 3.63) is 40.9 Å². The molecule has 0 fully saturated rings. The highest BCUT2D eigenvalue weighted by Crippen LogP contribution is 2.34. The average Bonchev–Trinajstić information content (AvgIpc) is 2.81. The van der Waals surface area contributed by atoms with Crippen molar-refractivity contribution in [2.24, 2.45) is 0 Å². The van der Waals surface area contributed by atoms with Gasteiger partial charge in [-0.1, -0.05) is 24.3 Å². The van der Waals surface area contributed by atoms with Crippen molar-refractivity contribution in [2.75, 3.05) is 5.73 Å². The largest absolute Gasteiger partial charge is 0.398 e. The molecule has 3 aromatic rings. The Labute approximate surface area is 111 Å². The van der Waals surface area contributed by atoms with Gasteiger partial charge in [0, 0.05) is 21.3 Å². The number of anilines is 1. The molecular weight excluding hydrogens is 298 g/mol. The van der Waals surface area contributed by atoms with E-state index in [0.717, 1.165) is 32.3 Å². The van der Waals surface area contributed by atoms with Crippen molar-refractivity contribution in [3.8, 4) is 11.1 Å². The highest BCUT2D eigenvalue weighted by atomic mass is 79.9. The molecule has 3 nitrogen and oxygen atoms in total. The van der Waals surface area contributed by atoms with Gasteiger partial charge in [-0.3, -0.25) is 0 Å². The van der Waals surface area contributed by atoms with Gasteiger partial charge in [0.25, 0.3) is 0 Å². The summed E-state index contributed by atoms with van der Waals surface area (Å²) in [4.78, 5) is 0. The van der Waals surface area contributed by atoms with E-state index < -0.39 is 0 Å². The third kappa shape index (κ3) is 1.71. The summed E-state index contributed by atoms with van der Waals surface area (Å²) in [5.74, 6) is 0. The fourth-order valence-corrected chi connectivity index (χ4v) is 2.90. The molecule has 3 rings (SSSR count). The zero-order chi connectivity index (χ0) is 11.8. The molecule has 0 aliphatic carbocycles. The van der Waals surface area contributed by atoms with Gasteiger partial charge in [-0.2, -0.15) is 8.75 Å². The maximum Gasteiger partial charge on any atom is 0.119 e. The Balaban J connectivity index is 2.35. The standard InChI is InChI=1S/C12H8BrN3S/c13-9-6-5-8(11-12(9)16-17-15-11)7-3-1-2-4-10(7)14/h1-6H,14H2. The van der Waals surface area contributed by atoms with Crippen LogP contribution in [0.1, 0.15) is 0 Å². The molecule has 0 atom stereocenters. The van der Waals surface area contributed by atoms with Gasteiger partial charge in [-0.25, -0.2) is 0 Å². The SMILES string of the molecule is Nc1ccccc1-c1ccc(Br)c2nsnc12. The third-order valence-electron chi connectivity index (χ3n) is 2.62. The summed E-state index contributed by atoms with van der Waals surface area (Å²) in [5, 5.41) is 0. The number of fused-ring (bicyclic) bond motifs is 1. The molecule has 1 aromatic heterocycles. The molecule has 0 saturated carbocycles. The first kappa shape index (κ1) is 10.7. The van der Waals surface area contributed by atoms with E-state index in [2.05, 4.69) is 24.7 Å². The minimum Gasteiger partial charge on any atom is -0.398 e. The summed E-state index contributed by atoms with van der Waals surface area (Å²) in [5.41, 5.74) is 10.5. The van der Waals surface area contributed by atoms with Crippen molar-refractivity contribution in [1.82, 2.24) is 8.75 Å². The normalized spacial score (nSPS) is 10.9. The van der Waals surface area contributed by atoms with E-state index in [1.807, 2.05) is 36.4 Å². The minimum atomic E-state index is 0.754. The van der Waals surface area contributed by atoms with E-state index in [1.54, 1.807) is 0 Å². The zero-order valence-corrected chi connectivity index (χ0v) is 11.1. The Kier molecular flexibility index (Phi) is 2.57. The number of nitrogens with zero attached hydrogens (tertiary/aromatic N) is 2. The van der Waals surface area contributed by atoms with Gasteiger partial charge < -0.3 is 5.73 Å². The minimum absolute atomic E-state index is 0.754. The summed E-state index contributed by atoms with van der Waals surface area (Å²) in [7, 11) is 0. The lowest BCUT2D eigenvalue weighted by atomic mass is 10.0. The number of hydrogen-bond donors (Lipinski definition) is 1. The van der Waals surface area contributed by atoms with Crippen LogP contribution in [-0.2, 0) is 0 Å². The van der Waals surface area contributed by atoms with Crippen molar-refractivity contribution < 1.29 is 0 Å². The van der Waals surface area contributed by atoms with Crippen LogP contribution in [0.4, 0.5) is 5.69 Å². The molecule has 17 heavy (non-hydrogen) atoms. The van der Waals surface area contributed by atoms with E-state index in [4.69, 9.17) is 5.73 Å². The summed E-state index contributed by atoms with van der Waals surface area (Å²) >= 11 is 4.69. The molecule has 0 saturated heterocycles. The number of rotatable bonds is 1. The molecule has 0 spiro atoms. The Morgan fingerprint density at radius 2 is 1.71 bits per heavy atom. The molecule has 5 heteroatoms. The van der Waals surface area contributed by atoms with Crippen molar-refractivity contribution >= 4 is 44.4 Å². The van der Waals surface area contributed by atoms with Crippen LogP contribution >= 0.6 is 27.7 Å². The lowest BCUT2D eigenvalue weighted by Gasteiger charge is -2.06. The fraction of sp³-hybridized carbons (Fsp3) is 0. The van der Waals surface area contributed by atoms with E-state index in [1.165, 1.54) is 11.7 Å². The van der Waals surface area contributed by atoms with Crippen molar-refractivity contribution in [2.45, 2.75) is 0 Å². The van der Waals surface area contributed by atoms with Crippen LogP contribution < -0.4 is 5.73 Å². The molecule has 0 bridgehead atoms. The van der Waals surface area contributed by atoms with Crippen LogP contribution in [0.5, 0.6) is 0 Å². The maximum absolute atomic E-state index is 5.99. The molecule has 84 valence electrons. The second-order valence-electron chi connectivity index (χ2n) is 3.64. The highest BCUT2D eigenvalue weighted by Gasteiger charge is 2.11. The van der Waals surface area contributed by atoms with E-state index >= 15 is 0 Å². The van der Waals surface area contributed by atoms with Gasteiger partial charge in [0.05, 0.1) is 11.7 Å². The average molecular weight is 306 g/mol. The van der Waals surface area contributed by atoms with Gasteiger partial charge in [0.15, 0.2) is 0 Å². The number of benzene rings is 2. The molecule has 1 heterocycles. The molecule has 2 aromatic carbocycles. The number of hydrogen-bond acceptors (Lipinski definition) is 4. The molecule has 0 aliphatic rings. The molecule has 0 unspecified atom stereocenters. The first-order chi connectivity index (χ1) is 8.27. The lowest BCUT2D eigenvalue weighted by Crippen LogP contribution is -1.90. The number of aromatic nitrogens is 2. The number of halogens is 1. The summed E-state index contributed by atoms with van der Waals surface area (Å²) < 4.78 is 9.58. The summed E-state index contributed by atoms with van der Waals surface area (Å²) in [6.45, 7) is 0. The second-order valence-corrected chi connectivity index (χ2v) is 5.03. The van der Waals surface area contributed by atoms with Crippen molar-refractivity contribution in [3.63, 3.8) is 0 Å². The van der Waals surface area contributed by atoms with Crippen LogP contribution in [0.2, 0.25) is 0 Å². The van der Waals surface area contributed by atoms with Crippen LogP contribution in [0.15, 0.2) is 40.9 Å². The Hall–Kier alpha value is -1.46. The van der Waals surface area contributed by atoms with Crippen LogP contribution in [0.25, 0.3) is 22.2 Å². The lowest BCUT2D eigenvalue weighted by molar-refractivity contribution is 1.58. The predicted molar refractivity (Wildman–Crippen MR) is 75.0 cm³/mol. The second kappa shape index (κ2) is 4.09. The Morgan fingerprint density at radius 3 is 2.53 bits per heavy atom. The molecule has 0 amide bonds. The first-order valence-electron chi connectivity index (χ1n) is 5.03. The van der Waals surface area contributed by atoms with Crippen LogP contribution in [-0.4, -0.2) is 8.75 Å². The topological polar surface area (TPSA) is 51.8 Å². The fourth-order valence-electron chi connectivity index (χ4n) is 1.80. The quantitative estimate of drug-likeness (QED) is 0.697. The van der Waals surface area contributed by atoms with Crippen molar-refractivity contribution in [1.29, 1.82) is 0 Å². The van der Waals surface area contributed by atoms with Gasteiger partial charge in [-0.15, -0.1) is 0 Å². The van der Waals surface area contributed by atoms with Gasteiger partial charge >= 0.3 is 0 Å². The van der Waals surface area contributed by atoms with E-state index in [9.17, 15) is 0 Å². The smallest absolute Gasteiger partial charge is 0.119 e. The number of nitrogen functional groups attached to an aromatic ring is 1. The zero-order valence-electron chi connectivity index (χ0n) is 8.72. The molecule has 0 radical (unpaired) electrons. The summed E-state index contributed by atoms with van der Waals surface area (Å²) in [6, 6.07) is 11.8. The van der Waals surface area contributed by atoms with E-state index in [0.29, 0.717) is 0 Å². The van der Waals surface area contributed by atoms with Crippen LogP contribution in [0, 0.1) is 0 Å². The number of nitrogens with two attached hydrogens (primary N) is 1. The van der Waals surface area contributed by atoms with Gasteiger partial charge in [0.1, 0.15) is 11.0 Å². The highest BCUT2D eigenvalue weighted by molar-refractivity contribution is 9.10. The maximum atomic E-state index is 5.99. The van der Waals surface area contributed by atoms with Gasteiger partial charge in [0.2, 0.25) is 0 Å². The third-order valence-corrected chi connectivity index (χ3v) is 3.79.